The van der Waals surface area contributed by atoms with Gasteiger partial charge in [-0.25, -0.2) is 4.98 Å². The molecule has 1 heterocycles. The fraction of sp³-hybridized carbons (Fsp3) is 0.471. The zero-order valence-electron chi connectivity index (χ0n) is 13.0. The van der Waals surface area contributed by atoms with Crippen molar-refractivity contribution in [3.8, 4) is 0 Å². The van der Waals surface area contributed by atoms with Gasteiger partial charge < -0.3 is 9.88 Å². The van der Waals surface area contributed by atoms with Gasteiger partial charge in [0.25, 0.3) is 0 Å². The summed E-state index contributed by atoms with van der Waals surface area (Å²) in [4.78, 5) is 4.47. The Morgan fingerprint density at radius 2 is 1.90 bits per heavy atom. The van der Waals surface area contributed by atoms with E-state index in [2.05, 4.69) is 67.0 Å². The Hall–Kier alpha value is -1.61. The summed E-state index contributed by atoms with van der Waals surface area (Å²) in [5.41, 5.74) is 5.19. The number of hydrogen-bond acceptors (Lipinski definition) is 2. The molecule has 1 aromatic carbocycles. The number of aryl methyl sites for hydroxylation is 2. The lowest BCUT2D eigenvalue weighted by molar-refractivity contribution is 0.548. The molecular formula is C17H25N3. The van der Waals surface area contributed by atoms with Crippen LogP contribution in [0.1, 0.15) is 36.2 Å². The lowest BCUT2D eigenvalue weighted by Gasteiger charge is -2.10. The van der Waals surface area contributed by atoms with Crippen molar-refractivity contribution in [1.29, 1.82) is 0 Å². The predicted octanol–water partition coefficient (Wildman–Crippen LogP) is 3.29. The molecule has 0 saturated heterocycles. The minimum Gasteiger partial charge on any atom is -0.333 e. The summed E-state index contributed by atoms with van der Waals surface area (Å²) in [6.07, 6.45) is 4.07. The van der Waals surface area contributed by atoms with E-state index in [-0.39, 0.29) is 0 Å². The Morgan fingerprint density at radius 1 is 1.20 bits per heavy atom. The number of rotatable bonds is 6. The molecule has 0 atom stereocenters. The summed E-state index contributed by atoms with van der Waals surface area (Å²) in [7, 11) is 0. The largest absolute Gasteiger partial charge is 0.333 e. The average Bonchev–Trinajstić information content (AvgIpc) is 2.81. The van der Waals surface area contributed by atoms with Gasteiger partial charge in [-0.05, 0) is 43.0 Å². The van der Waals surface area contributed by atoms with Crippen LogP contribution in [0.5, 0.6) is 0 Å². The molecule has 3 nitrogen and oxygen atoms in total. The number of aromatic nitrogens is 2. The topological polar surface area (TPSA) is 29.9 Å². The van der Waals surface area contributed by atoms with Crippen LogP contribution in [0.3, 0.4) is 0 Å². The van der Waals surface area contributed by atoms with Crippen molar-refractivity contribution in [3.63, 3.8) is 0 Å². The van der Waals surface area contributed by atoms with Crippen molar-refractivity contribution >= 4 is 0 Å². The highest BCUT2D eigenvalue weighted by Crippen LogP contribution is 2.15. The third kappa shape index (κ3) is 3.94. The zero-order chi connectivity index (χ0) is 14.5. The smallest absolute Gasteiger partial charge is 0.0953 e. The zero-order valence-corrected chi connectivity index (χ0v) is 13.0. The molecule has 1 aromatic heterocycles. The summed E-state index contributed by atoms with van der Waals surface area (Å²) < 4.78 is 2.17. The normalized spacial score (nSPS) is 11.2. The van der Waals surface area contributed by atoms with Gasteiger partial charge in [-0.3, -0.25) is 0 Å². The van der Waals surface area contributed by atoms with E-state index >= 15 is 0 Å². The maximum Gasteiger partial charge on any atom is 0.0953 e. The van der Waals surface area contributed by atoms with E-state index in [1.807, 2.05) is 6.33 Å². The second kappa shape index (κ2) is 6.71. The first-order valence-electron chi connectivity index (χ1n) is 7.32. The fourth-order valence-corrected chi connectivity index (χ4v) is 2.35. The Kier molecular flexibility index (Phi) is 4.96. The Bertz CT molecular complexity index is 535. The highest BCUT2D eigenvalue weighted by atomic mass is 15.0. The number of imidazole rings is 1. The van der Waals surface area contributed by atoms with Gasteiger partial charge in [-0.2, -0.15) is 0 Å². The van der Waals surface area contributed by atoms with Gasteiger partial charge in [-0.1, -0.05) is 32.0 Å². The molecule has 0 saturated carbocycles. The quantitative estimate of drug-likeness (QED) is 0.873. The molecule has 0 aliphatic rings. The standard InChI is InChI=1S/C17H25N3/c1-13(2)8-18-9-16-10-20(12-19-16)11-17-14(3)6-5-7-15(17)4/h5-7,10,12-13,18H,8-9,11H2,1-4H3. The second-order valence-electron chi connectivity index (χ2n) is 5.93. The summed E-state index contributed by atoms with van der Waals surface area (Å²) in [5, 5.41) is 3.43. The SMILES string of the molecule is Cc1cccc(C)c1Cn1cnc(CNCC(C)C)c1. The third-order valence-corrected chi connectivity index (χ3v) is 3.53. The van der Waals surface area contributed by atoms with Crippen molar-refractivity contribution in [2.75, 3.05) is 6.54 Å². The van der Waals surface area contributed by atoms with Crippen molar-refractivity contribution in [2.45, 2.75) is 40.8 Å². The highest BCUT2D eigenvalue weighted by Gasteiger charge is 2.04. The van der Waals surface area contributed by atoms with E-state index in [4.69, 9.17) is 0 Å². The number of nitrogens with one attached hydrogen (secondary N) is 1. The van der Waals surface area contributed by atoms with Crippen LogP contribution in [0.4, 0.5) is 0 Å². The Morgan fingerprint density at radius 3 is 2.55 bits per heavy atom. The molecule has 0 spiro atoms. The highest BCUT2D eigenvalue weighted by molar-refractivity contribution is 5.33. The first-order chi connectivity index (χ1) is 9.56. The van der Waals surface area contributed by atoms with Crippen LogP contribution >= 0.6 is 0 Å². The minimum atomic E-state index is 0.673. The average molecular weight is 271 g/mol. The van der Waals surface area contributed by atoms with E-state index in [9.17, 15) is 0 Å². The monoisotopic (exact) mass is 271 g/mol. The van der Waals surface area contributed by atoms with E-state index in [0.29, 0.717) is 5.92 Å². The molecule has 0 radical (unpaired) electrons. The van der Waals surface area contributed by atoms with Gasteiger partial charge >= 0.3 is 0 Å². The molecule has 108 valence electrons. The number of nitrogens with zero attached hydrogens (tertiary/aromatic N) is 2. The van der Waals surface area contributed by atoms with Gasteiger partial charge in [0.2, 0.25) is 0 Å². The molecule has 0 aliphatic carbocycles. The van der Waals surface area contributed by atoms with Crippen LogP contribution < -0.4 is 5.32 Å². The minimum absolute atomic E-state index is 0.673. The molecule has 0 bridgehead atoms. The number of benzene rings is 1. The van der Waals surface area contributed by atoms with Crippen LogP contribution in [-0.4, -0.2) is 16.1 Å². The molecular weight excluding hydrogens is 246 g/mol. The molecule has 0 fully saturated rings. The maximum absolute atomic E-state index is 4.47. The van der Waals surface area contributed by atoms with Crippen molar-refractivity contribution in [1.82, 2.24) is 14.9 Å². The Labute approximate surface area is 122 Å². The molecule has 20 heavy (non-hydrogen) atoms. The third-order valence-electron chi connectivity index (χ3n) is 3.53. The first kappa shape index (κ1) is 14.8. The van der Waals surface area contributed by atoms with E-state index in [1.54, 1.807) is 0 Å². The van der Waals surface area contributed by atoms with Gasteiger partial charge in [0, 0.05) is 19.3 Å². The summed E-state index contributed by atoms with van der Waals surface area (Å²) in [5.74, 6) is 0.673. The van der Waals surface area contributed by atoms with Gasteiger partial charge in [-0.15, -0.1) is 0 Å². The molecule has 0 amide bonds. The van der Waals surface area contributed by atoms with Gasteiger partial charge in [0.15, 0.2) is 0 Å². The van der Waals surface area contributed by atoms with Crippen LogP contribution in [0.15, 0.2) is 30.7 Å². The Balaban J connectivity index is 1.99. The van der Waals surface area contributed by atoms with E-state index in [0.717, 1.165) is 25.3 Å². The van der Waals surface area contributed by atoms with Crippen molar-refractivity contribution in [3.05, 3.63) is 53.1 Å². The summed E-state index contributed by atoms with van der Waals surface area (Å²) in [6, 6.07) is 6.46. The van der Waals surface area contributed by atoms with Gasteiger partial charge in [0.05, 0.1) is 12.0 Å². The molecule has 2 aromatic rings. The van der Waals surface area contributed by atoms with Crippen molar-refractivity contribution < 1.29 is 0 Å². The predicted molar refractivity (Wildman–Crippen MR) is 83.8 cm³/mol. The van der Waals surface area contributed by atoms with Crippen LogP contribution in [0.25, 0.3) is 0 Å². The van der Waals surface area contributed by atoms with Gasteiger partial charge in [0.1, 0.15) is 0 Å². The summed E-state index contributed by atoms with van der Waals surface area (Å²) >= 11 is 0. The van der Waals surface area contributed by atoms with Crippen molar-refractivity contribution in [2.24, 2.45) is 5.92 Å². The molecule has 0 unspecified atom stereocenters. The molecule has 3 heteroatoms. The lowest BCUT2D eigenvalue weighted by atomic mass is 10.0. The van der Waals surface area contributed by atoms with E-state index in [1.165, 1.54) is 16.7 Å². The molecule has 1 N–H and O–H groups in total. The summed E-state index contributed by atoms with van der Waals surface area (Å²) in [6.45, 7) is 11.5. The molecule has 0 aliphatic heterocycles. The number of hydrogen-bond donors (Lipinski definition) is 1. The maximum atomic E-state index is 4.47. The first-order valence-corrected chi connectivity index (χ1v) is 7.32. The van der Waals surface area contributed by atoms with Crippen LogP contribution in [-0.2, 0) is 13.1 Å². The fourth-order valence-electron chi connectivity index (χ4n) is 2.35. The van der Waals surface area contributed by atoms with Crippen LogP contribution in [0.2, 0.25) is 0 Å². The molecule has 2 rings (SSSR count). The second-order valence-corrected chi connectivity index (χ2v) is 5.93. The van der Waals surface area contributed by atoms with E-state index < -0.39 is 0 Å². The van der Waals surface area contributed by atoms with Crippen LogP contribution in [0, 0.1) is 19.8 Å². The lowest BCUT2D eigenvalue weighted by Crippen LogP contribution is -2.19.